The Labute approximate surface area is 305 Å². The van der Waals surface area contributed by atoms with Crippen LogP contribution in [0.15, 0.2) is 23.3 Å². The average molecular weight is 869 g/mol. The summed E-state index contributed by atoms with van der Waals surface area (Å²) >= 11 is -5.63. The minimum absolute atomic E-state index is 0.333. The predicted molar refractivity (Wildman–Crippen MR) is 219 cm³/mol. The zero-order valence-electron chi connectivity index (χ0n) is 34.4. The first kappa shape index (κ1) is 44.2. The summed E-state index contributed by atoms with van der Waals surface area (Å²) < 4.78 is 19.2. The van der Waals surface area contributed by atoms with E-state index in [1.165, 1.54) is 103 Å². The molecule has 0 amide bonds. The van der Waals surface area contributed by atoms with E-state index >= 15 is 0 Å². The van der Waals surface area contributed by atoms with E-state index in [0.29, 0.717) is 30.9 Å². The van der Waals surface area contributed by atoms with Gasteiger partial charge in [-0.1, -0.05) is 0 Å². The molecule has 0 fully saturated rings. The number of hydrogen-bond donors (Lipinski definition) is 0. The van der Waals surface area contributed by atoms with Crippen LogP contribution in [0.1, 0.15) is 186 Å². The first-order valence-electron chi connectivity index (χ1n) is 21.3. The summed E-state index contributed by atoms with van der Waals surface area (Å²) in [5.74, 6) is 1.34. The number of ether oxygens (including phenoxy) is 1. The summed E-state index contributed by atoms with van der Waals surface area (Å²) in [4.78, 5) is 0. The molecule has 0 heterocycles. The molecule has 4 atom stereocenters. The molecule has 0 aromatic carbocycles. The second kappa shape index (κ2) is 21.5. The summed E-state index contributed by atoms with van der Waals surface area (Å²) in [6.07, 6.45) is 27.6. The van der Waals surface area contributed by atoms with Crippen LogP contribution in [0, 0.1) is 22.7 Å². The van der Waals surface area contributed by atoms with Crippen molar-refractivity contribution in [3.05, 3.63) is 23.3 Å². The minimum atomic E-state index is -2.82. The third-order valence-corrected chi connectivity index (χ3v) is 46.1. The van der Waals surface area contributed by atoms with E-state index in [1.807, 2.05) is 0 Å². The van der Waals surface area contributed by atoms with E-state index in [2.05, 4.69) is 95.2 Å². The zero-order valence-corrected chi connectivity index (χ0v) is 40.1. The molecule has 0 saturated heterocycles. The van der Waals surface area contributed by atoms with Gasteiger partial charge in [-0.2, -0.15) is 0 Å². The van der Waals surface area contributed by atoms with E-state index in [9.17, 15) is 0 Å². The monoisotopic (exact) mass is 870 g/mol. The molecular formula is C44H86OSn2. The van der Waals surface area contributed by atoms with Gasteiger partial charge in [-0.05, 0) is 0 Å². The number of allylic oxidation sites excluding steroid dienone is 2. The molecule has 47 heavy (non-hydrogen) atoms. The topological polar surface area (TPSA) is 9.23 Å². The molecule has 0 aromatic heterocycles. The Morgan fingerprint density at radius 2 is 0.787 bits per heavy atom. The third-order valence-electron chi connectivity index (χ3n) is 13.0. The van der Waals surface area contributed by atoms with E-state index in [0.717, 1.165) is 0 Å². The maximum absolute atomic E-state index is 8.63. The van der Waals surface area contributed by atoms with Crippen molar-refractivity contribution >= 4 is 36.8 Å². The van der Waals surface area contributed by atoms with Gasteiger partial charge in [0.1, 0.15) is 0 Å². The van der Waals surface area contributed by atoms with Crippen molar-refractivity contribution in [3.8, 4) is 0 Å². The Balaban J connectivity index is 2.93. The van der Waals surface area contributed by atoms with Crippen LogP contribution in [0.3, 0.4) is 0 Å². The second-order valence-corrected chi connectivity index (χ2v) is 45.7. The fourth-order valence-corrected chi connectivity index (χ4v) is 48.3. The Bertz CT molecular complexity index is 812. The number of unbranched alkanes of at least 4 members (excludes halogenated alkanes) is 6. The first-order valence-corrected chi connectivity index (χ1v) is 36.7. The molecule has 0 aliphatic heterocycles. The Morgan fingerprint density at radius 3 is 1.00 bits per heavy atom. The van der Waals surface area contributed by atoms with E-state index in [-0.39, 0.29) is 0 Å². The molecule has 1 nitrogen and oxygen atoms in total. The van der Waals surface area contributed by atoms with Crippen LogP contribution in [-0.2, 0) is 4.74 Å². The van der Waals surface area contributed by atoms with Crippen LogP contribution >= 0.6 is 0 Å². The van der Waals surface area contributed by atoms with Crippen molar-refractivity contribution in [1.82, 2.24) is 0 Å². The molecule has 3 heteroatoms. The van der Waals surface area contributed by atoms with Gasteiger partial charge in [-0.3, -0.25) is 0 Å². The van der Waals surface area contributed by atoms with Crippen LogP contribution in [0.5, 0.6) is 0 Å². The quantitative estimate of drug-likeness (QED) is 0.0694. The molecule has 0 aromatic rings. The molecule has 0 unspecified atom stereocenters. The van der Waals surface area contributed by atoms with Crippen molar-refractivity contribution in [2.45, 2.75) is 221 Å². The predicted octanol–water partition coefficient (Wildman–Crippen LogP) is 15.3. The van der Waals surface area contributed by atoms with Gasteiger partial charge in [0.25, 0.3) is 0 Å². The molecule has 2 aliphatic carbocycles. The summed E-state index contributed by atoms with van der Waals surface area (Å²) in [5, 5.41) is 0. The standard InChI is InChI=1S/C20H32O.6C4H9.2Sn/c1-15-11-19(3,4)9-7-17(15)13-21-14-18-8-10-20(5,6)12-16(18)2;6*1-3-4-2;;/h11-14,17-18H,7-10H2,1-6H3;6*1,3-4H2,2H3;;/t17-,18-;;;;;;;;/m0......../s1. The molecule has 0 radical (unpaired) electrons. The molecule has 276 valence electrons. The van der Waals surface area contributed by atoms with Crippen molar-refractivity contribution < 1.29 is 4.74 Å². The molecule has 0 saturated carbocycles. The molecule has 0 spiro atoms. The fraction of sp³-hybridized carbons (Fsp3) is 0.909. The Kier molecular flexibility index (Phi) is 20.3. The molecular weight excluding hydrogens is 782 g/mol. The molecule has 0 N–H and O–H groups in total. The van der Waals surface area contributed by atoms with E-state index in [4.69, 9.17) is 4.74 Å². The second-order valence-electron chi connectivity index (χ2n) is 18.4. The Hall–Kier alpha value is 1.04. The number of rotatable bonds is 24. The van der Waals surface area contributed by atoms with Gasteiger partial charge in [-0.15, -0.1) is 0 Å². The van der Waals surface area contributed by atoms with Crippen LogP contribution in [-0.4, -0.2) is 45.0 Å². The zero-order chi connectivity index (χ0) is 35.1. The van der Waals surface area contributed by atoms with Crippen LogP contribution in [0.25, 0.3) is 0 Å². The normalized spacial score (nSPS) is 22.9. The summed E-state index contributed by atoms with van der Waals surface area (Å²) in [7, 11) is 0. The fourth-order valence-electron chi connectivity index (χ4n) is 10.1. The van der Waals surface area contributed by atoms with Gasteiger partial charge in [0.05, 0.1) is 0 Å². The van der Waals surface area contributed by atoms with Crippen LogP contribution < -0.4 is 0 Å². The molecule has 0 bridgehead atoms. The summed E-state index contributed by atoms with van der Waals surface area (Å²) in [5.41, 5.74) is 4.09. The third kappa shape index (κ3) is 13.2. The van der Waals surface area contributed by atoms with Gasteiger partial charge in [0.15, 0.2) is 0 Å². The maximum atomic E-state index is 8.63. The van der Waals surface area contributed by atoms with Gasteiger partial charge >= 0.3 is 308 Å². The van der Waals surface area contributed by atoms with Crippen molar-refractivity contribution in [2.24, 2.45) is 22.7 Å². The van der Waals surface area contributed by atoms with Gasteiger partial charge < -0.3 is 0 Å². The van der Waals surface area contributed by atoms with Gasteiger partial charge in [0.2, 0.25) is 0 Å². The Morgan fingerprint density at radius 1 is 0.532 bits per heavy atom. The molecule has 2 rings (SSSR count). The van der Waals surface area contributed by atoms with Crippen LogP contribution in [0.2, 0.25) is 26.6 Å². The van der Waals surface area contributed by atoms with E-state index in [1.54, 1.807) is 37.8 Å². The molecule has 2 aliphatic rings. The van der Waals surface area contributed by atoms with Crippen molar-refractivity contribution in [3.63, 3.8) is 0 Å². The van der Waals surface area contributed by atoms with Gasteiger partial charge in [-0.25, -0.2) is 0 Å². The SMILES string of the molecule is CCC[CH2][Sn]([CH2]CCC)([CH2]CCC)[C@@H](O[C@@H]([C@@H]1CCC(C)(C)C=C1C)[Sn]([CH2]CCC)([CH2]CCC)[CH2]CCC)[C@@H]1CCC(C)(C)C=C1C. The summed E-state index contributed by atoms with van der Waals surface area (Å²) in [6.45, 7) is 29.8. The summed E-state index contributed by atoms with van der Waals surface area (Å²) in [6, 6.07) is 0. The van der Waals surface area contributed by atoms with E-state index < -0.39 is 36.8 Å². The number of hydrogen-bond acceptors (Lipinski definition) is 1. The van der Waals surface area contributed by atoms with Crippen molar-refractivity contribution in [1.29, 1.82) is 0 Å². The first-order chi connectivity index (χ1) is 22.3. The average Bonchev–Trinajstić information content (AvgIpc) is 3.02. The van der Waals surface area contributed by atoms with Crippen molar-refractivity contribution in [2.75, 3.05) is 0 Å². The van der Waals surface area contributed by atoms with Gasteiger partial charge in [0, 0.05) is 0 Å². The van der Waals surface area contributed by atoms with Crippen LogP contribution in [0.4, 0.5) is 0 Å².